The quantitative estimate of drug-likeness (QED) is 0.790. The van der Waals surface area contributed by atoms with Crippen molar-refractivity contribution in [1.29, 1.82) is 0 Å². The lowest BCUT2D eigenvalue weighted by Crippen LogP contribution is -2.26. The predicted octanol–water partition coefficient (Wildman–Crippen LogP) is 2.39. The minimum atomic E-state index is -0.583. The van der Waals surface area contributed by atoms with Crippen molar-refractivity contribution >= 4 is 17.2 Å². The van der Waals surface area contributed by atoms with E-state index in [1.807, 2.05) is 13.0 Å². The molecule has 22 heavy (non-hydrogen) atoms. The lowest BCUT2D eigenvalue weighted by atomic mass is 10.2. The van der Waals surface area contributed by atoms with Crippen LogP contribution in [0.2, 0.25) is 0 Å². The number of hydrogen-bond acceptors (Lipinski definition) is 3. The minimum absolute atomic E-state index is 0.0765. The maximum absolute atomic E-state index is 12.8. The summed E-state index contributed by atoms with van der Waals surface area (Å²) in [6.45, 7) is 1.84. The van der Waals surface area contributed by atoms with Gasteiger partial charge in [-0.3, -0.25) is 14.0 Å². The van der Waals surface area contributed by atoms with Crippen LogP contribution in [-0.4, -0.2) is 15.3 Å². The van der Waals surface area contributed by atoms with Gasteiger partial charge < -0.3 is 5.32 Å². The van der Waals surface area contributed by atoms with E-state index in [1.165, 1.54) is 34.9 Å². The molecule has 110 valence electrons. The third-order valence-corrected chi connectivity index (χ3v) is 3.20. The molecule has 3 aromatic rings. The fourth-order valence-corrected chi connectivity index (χ4v) is 2.07. The molecule has 2 aromatic heterocycles. The average molecular weight is 297 g/mol. The molecular formula is C16H12FN3O2. The van der Waals surface area contributed by atoms with Gasteiger partial charge in [-0.05, 0) is 42.8 Å². The maximum Gasteiger partial charge on any atom is 0.270 e. The molecule has 0 spiro atoms. The summed E-state index contributed by atoms with van der Waals surface area (Å²) in [6, 6.07) is 8.83. The van der Waals surface area contributed by atoms with E-state index in [2.05, 4.69) is 10.3 Å². The normalized spacial score (nSPS) is 10.6. The Kier molecular flexibility index (Phi) is 3.42. The van der Waals surface area contributed by atoms with Crippen molar-refractivity contribution in [1.82, 2.24) is 9.38 Å². The molecule has 0 unspecified atom stereocenters. The first-order valence-corrected chi connectivity index (χ1v) is 6.59. The van der Waals surface area contributed by atoms with Gasteiger partial charge in [0, 0.05) is 18.1 Å². The Bertz CT molecular complexity index is 917. The lowest BCUT2D eigenvalue weighted by molar-refractivity contribution is 0.102. The molecule has 5 nitrogen and oxygen atoms in total. The SMILES string of the molecule is Cc1ccc2ncc(C(=O)Nc3ccc(F)cc3)c(=O)n2c1. The van der Waals surface area contributed by atoms with Crippen LogP contribution in [-0.2, 0) is 0 Å². The van der Waals surface area contributed by atoms with Crippen molar-refractivity contribution in [2.24, 2.45) is 0 Å². The first kappa shape index (κ1) is 13.9. The van der Waals surface area contributed by atoms with E-state index < -0.39 is 17.3 Å². The van der Waals surface area contributed by atoms with Gasteiger partial charge in [-0.2, -0.15) is 0 Å². The highest BCUT2D eigenvalue weighted by molar-refractivity contribution is 6.03. The summed E-state index contributed by atoms with van der Waals surface area (Å²) in [5.74, 6) is -0.985. The lowest BCUT2D eigenvalue weighted by Gasteiger charge is -2.06. The third-order valence-electron chi connectivity index (χ3n) is 3.20. The molecule has 2 heterocycles. The minimum Gasteiger partial charge on any atom is -0.322 e. The standard InChI is InChI=1S/C16H12FN3O2/c1-10-2-7-14-18-8-13(16(22)20(14)9-10)15(21)19-12-5-3-11(17)4-6-12/h2-9H,1H3,(H,19,21). The molecule has 0 aliphatic heterocycles. The van der Waals surface area contributed by atoms with Gasteiger partial charge >= 0.3 is 0 Å². The molecule has 0 aliphatic rings. The molecule has 0 aliphatic carbocycles. The summed E-state index contributed by atoms with van der Waals surface area (Å²) < 4.78 is 14.2. The number of nitrogens with zero attached hydrogens (tertiary/aromatic N) is 2. The monoisotopic (exact) mass is 297 g/mol. The van der Waals surface area contributed by atoms with Crippen molar-refractivity contribution in [2.45, 2.75) is 6.92 Å². The van der Waals surface area contributed by atoms with Crippen molar-refractivity contribution < 1.29 is 9.18 Å². The largest absolute Gasteiger partial charge is 0.322 e. The highest BCUT2D eigenvalue weighted by Crippen LogP contribution is 2.09. The first-order valence-electron chi connectivity index (χ1n) is 6.59. The second-order valence-electron chi connectivity index (χ2n) is 4.87. The number of aryl methyl sites for hydroxylation is 1. The number of hydrogen-bond donors (Lipinski definition) is 1. The van der Waals surface area contributed by atoms with E-state index in [-0.39, 0.29) is 5.56 Å². The van der Waals surface area contributed by atoms with Crippen molar-refractivity contribution in [3.63, 3.8) is 0 Å². The Morgan fingerprint density at radius 1 is 1.18 bits per heavy atom. The molecular weight excluding hydrogens is 285 g/mol. The first-order chi connectivity index (χ1) is 10.5. The van der Waals surface area contributed by atoms with Crippen LogP contribution in [0.3, 0.4) is 0 Å². The van der Waals surface area contributed by atoms with E-state index in [1.54, 1.807) is 12.3 Å². The van der Waals surface area contributed by atoms with Crippen LogP contribution in [0.25, 0.3) is 5.65 Å². The number of carbonyl (C=O) groups excluding carboxylic acids is 1. The zero-order valence-corrected chi connectivity index (χ0v) is 11.7. The number of amides is 1. The number of rotatable bonds is 2. The van der Waals surface area contributed by atoms with Crippen LogP contribution in [0.4, 0.5) is 10.1 Å². The van der Waals surface area contributed by atoms with Crippen LogP contribution in [0.5, 0.6) is 0 Å². The van der Waals surface area contributed by atoms with Gasteiger partial charge in [-0.1, -0.05) is 6.07 Å². The number of nitrogens with one attached hydrogen (secondary N) is 1. The zero-order chi connectivity index (χ0) is 15.7. The fraction of sp³-hybridized carbons (Fsp3) is 0.0625. The van der Waals surface area contributed by atoms with Gasteiger partial charge in [0.05, 0.1) is 0 Å². The Balaban J connectivity index is 1.99. The molecule has 0 radical (unpaired) electrons. The molecule has 6 heteroatoms. The Hall–Kier alpha value is -3.02. The molecule has 0 atom stereocenters. The second-order valence-corrected chi connectivity index (χ2v) is 4.87. The molecule has 1 aromatic carbocycles. The molecule has 0 saturated carbocycles. The summed E-state index contributed by atoms with van der Waals surface area (Å²) >= 11 is 0. The fourth-order valence-electron chi connectivity index (χ4n) is 2.07. The Morgan fingerprint density at radius 2 is 1.91 bits per heavy atom. The zero-order valence-electron chi connectivity index (χ0n) is 11.7. The summed E-state index contributed by atoms with van der Waals surface area (Å²) in [5.41, 5.74) is 1.22. The number of fused-ring (bicyclic) bond motifs is 1. The number of halogens is 1. The van der Waals surface area contributed by atoms with Crippen molar-refractivity contribution in [2.75, 3.05) is 5.32 Å². The summed E-state index contributed by atoms with van der Waals surface area (Å²) in [5, 5.41) is 2.55. The van der Waals surface area contributed by atoms with E-state index in [0.717, 1.165) is 5.56 Å². The third kappa shape index (κ3) is 2.58. The smallest absolute Gasteiger partial charge is 0.270 e. The molecule has 0 saturated heterocycles. The van der Waals surface area contributed by atoms with Gasteiger partial charge in [0.2, 0.25) is 0 Å². The van der Waals surface area contributed by atoms with Crippen LogP contribution in [0.15, 0.2) is 53.6 Å². The Morgan fingerprint density at radius 3 is 2.64 bits per heavy atom. The summed E-state index contributed by atoms with van der Waals surface area (Å²) in [7, 11) is 0. The highest BCUT2D eigenvalue weighted by Gasteiger charge is 2.13. The van der Waals surface area contributed by atoms with Crippen molar-refractivity contribution in [3.05, 3.63) is 76.1 Å². The summed E-state index contributed by atoms with van der Waals surface area (Å²) in [6.07, 6.45) is 2.87. The van der Waals surface area contributed by atoms with Gasteiger partial charge in [0.1, 0.15) is 17.0 Å². The van der Waals surface area contributed by atoms with Crippen molar-refractivity contribution in [3.8, 4) is 0 Å². The molecule has 3 rings (SSSR count). The van der Waals surface area contributed by atoms with Crippen LogP contribution in [0.1, 0.15) is 15.9 Å². The van der Waals surface area contributed by atoms with Gasteiger partial charge in [0.15, 0.2) is 0 Å². The molecule has 0 bridgehead atoms. The van der Waals surface area contributed by atoms with Crippen LogP contribution >= 0.6 is 0 Å². The van der Waals surface area contributed by atoms with Gasteiger partial charge in [-0.25, -0.2) is 9.37 Å². The molecule has 0 fully saturated rings. The highest BCUT2D eigenvalue weighted by atomic mass is 19.1. The molecule has 1 N–H and O–H groups in total. The number of aromatic nitrogens is 2. The number of carbonyl (C=O) groups is 1. The van der Waals surface area contributed by atoms with Gasteiger partial charge in [0.25, 0.3) is 11.5 Å². The molecule has 1 amide bonds. The number of pyridine rings is 1. The number of anilines is 1. The number of benzene rings is 1. The van der Waals surface area contributed by atoms with E-state index in [9.17, 15) is 14.0 Å². The van der Waals surface area contributed by atoms with Crippen LogP contribution < -0.4 is 10.9 Å². The van der Waals surface area contributed by atoms with Gasteiger partial charge in [-0.15, -0.1) is 0 Å². The predicted molar refractivity (Wildman–Crippen MR) is 80.6 cm³/mol. The summed E-state index contributed by atoms with van der Waals surface area (Å²) in [4.78, 5) is 28.7. The maximum atomic E-state index is 12.8. The average Bonchev–Trinajstić information content (AvgIpc) is 2.50. The van der Waals surface area contributed by atoms with E-state index in [4.69, 9.17) is 0 Å². The second kappa shape index (κ2) is 5.40. The van der Waals surface area contributed by atoms with E-state index in [0.29, 0.717) is 11.3 Å². The van der Waals surface area contributed by atoms with Crippen LogP contribution in [0, 0.1) is 12.7 Å². The van der Waals surface area contributed by atoms with E-state index >= 15 is 0 Å². The topological polar surface area (TPSA) is 63.5 Å². The Labute approximate surface area is 125 Å².